The molecule has 0 fully saturated rings. The van der Waals surface area contributed by atoms with Crippen LogP contribution in [0.4, 0.5) is 5.82 Å². The Kier molecular flexibility index (Phi) is 5.03. The first-order valence-corrected chi connectivity index (χ1v) is 7.78. The van der Waals surface area contributed by atoms with E-state index in [4.69, 9.17) is 10.5 Å². The lowest BCUT2D eigenvalue weighted by Gasteiger charge is -2.18. The molecule has 1 heterocycles. The van der Waals surface area contributed by atoms with Crippen molar-refractivity contribution >= 4 is 5.82 Å². The number of hydrogen-bond donors (Lipinski definition) is 2. The Hall–Kier alpha value is -2.92. The normalized spacial score (nSPS) is 11.8. The summed E-state index contributed by atoms with van der Waals surface area (Å²) in [5, 5.41) is 3.38. The summed E-state index contributed by atoms with van der Waals surface area (Å²) in [4.78, 5) is 8.66. The summed E-state index contributed by atoms with van der Waals surface area (Å²) in [7, 11) is 1.65. The molecule has 3 rings (SSSR count). The van der Waals surface area contributed by atoms with E-state index in [-0.39, 0.29) is 6.04 Å². The highest BCUT2D eigenvalue weighted by Gasteiger charge is 2.10. The molecule has 0 bridgehead atoms. The molecule has 0 radical (unpaired) electrons. The van der Waals surface area contributed by atoms with Gasteiger partial charge in [-0.15, -0.1) is 0 Å². The summed E-state index contributed by atoms with van der Waals surface area (Å²) in [6.07, 6.45) is 1.56. The average Bonchev–Trinajstić information content (AvgIpc) is 2.67. The zero-order valence-electron chi connectivity index (χ0n) is 13.5. The maximum atomic E-state index is 5.91. The van der Waals surface area contributed by atoms with Gasteiger partial charge in [0, 0.05) is 18.2 Å². The van der Waals surface area contributed by atoms with Gasteiger partial charge in [0.15, 0.2) is 0 Å². The Bertz CT molecular complexity index is 775. The van der Waals surface area contributed by atoms with Gasteiger partial charge < -0.3 is 15.8 Å². The highest BCUT2D eigenvalue weighted by atomic mass is 16.5. The van der Waals surface area contributed by atoms with Crippen molar-refractivity contribution in [3.8, 4) is 17.0 Å². The summed E-state index contributed by atoms with van der Waals surface area (Å²) >= 11 is 0. The molecular formula is C19H20N4O. The van der Waals surface area contributed by atoms with Crippen LogP contribution in [0, 0.1) is 0 Å². The van der Waals surface area contributed by atoms with E-state index in [0.717, 1.165) is 28.4 Å². The van der Waals surface area contributed by atoms with E-state index in [9.17, 15) is 0 Å². The Labute approximate surface area is 141 Å². The zero-order valence-corrected chi connectivity index (χ0v) is 13.5. The maximum absolute atomic E-state index is 5.91. The third-order valence-corrected chi connectivity index (χ3v) is 3.81. The molecule has 2 aromatic carbocycles. The van der Waals surface area contributed by atoms with Gasteiger partial charge in [0.1, 0.15) is 17.9 Å². The molecule has 0 spiro atoms. The fourth-order valence-electron chi connectivity index (χ4n) is 2.50. The van der Waals surface area contributed by atoms with Crippen molar-refractivity contribution in [1.29, 1.82) is 0 Å². The topological polar surface area (TPSA) is 73.1 Å². The van der Waals surface area contributed by atoms with Crippen LogP contribution in [-0.4, -0.2) is 23.6 Å². The minimum absolute atomic E-state index is 0.00446. The lowest BCUT2D eigenvalue weighted by molar-refractivity contribution is 0.415. The summed E-state index contributed by atoms with van der Waals surface area (Å²) in [6, 6.07) is 19.8. The van der Waals surface area contributed by atoms with Gasteiger partial charge in [-0.05, 0) is 29.8 Å². The molecule has 3 aromatic rings. The van der Waals surface area contributed by atoms with Crippen LogP contribution in [0.1, 0.15) is 11.6 Å². The third-order valence-electron chi connectivity index (χ3n) is 3.81. The second-order valence-corrected chi connectivity index (χ2v) is 5.36. The second-order valence-electron chi connectivity index (χ2n) is 5.36. The molecule has 5 heteroatoms. The van der Waals surface area contributed by atoms with Crippen LogP contribution >= 0.6 is 0 Å². The van der Waals surface area contributed by atoms with Gasteiger partial charge in [-0.2, -0.15) is 0 Å². The van der Waals surface area contributed by atoms with Crippen molar-refractivity contribution in [1.82, 2.24) is 9.97 Å². The van der Waals surface area contributed by atoms with Gasteiger partial charge in [0.25, 0.3) is 0 Å². The molecule has 5 nitrogen and oxygen atoms in total. The first-order valence-electron chi connectivity index (χ1n) is 7.78. The van der Waals surface area contributed by atoms with Gasteiger partial charge in [0.2, 0.25) is 0 Å². The summed E-state index contributed by atoms with van der Waals surface area (Å²) < 4.78 is 5.19. The number of ether oxygens (including phenoxy) is 1. The third kappa shape index (κ3) is 3.70. The predicted octanol–water partition coefficient (Wildman–Crippen LogP) is 3.26. The first-order chi connectivity index (χ1) is 11.8. The smallest absolute Gasteiger partial charge is 0.130 e. The zero-order chi connectivity index (χ0) is 16.8. The highest BCUT2D eigenvalue weighted by Crippen LogP contribution is 2.23. The Morgan fingerprint density at radius 1 is 1.04 bits per heavy atom. The van der Waals surface area contributed by atoms with Crippen LogP contribution in [-0.2, 0) is 0 Å². The van der Waals surface area contributed by atoms with E-state index in [1.54, 1.807) is 13.4 Å². The number of methoxy groups -OCH3 is 1. The van der Waals surface area contributed by atoms with Crippen molar-refractivity contribution in [3.63, 3.8) is 0 Å². The standard InChI is InChI=1S/C19H20N4O/c1-24-16-9-7-15(8-10-16)17-11-19(22-13-21-17)23-18(12-20)14-5-3-2-4-6-14/h2-11,13,18H,12,20H2,1H3,(H,21,22,23)/t18-/m0/s1. The van der Waals surface area contributed by atoms with Gasteiger partial charge >= 0.3 is 0 Å². The van der Waals surface area contributed by atoms with Crippen LogP contribution in [0.2, 0.25) is 0 Å². The van der Waals surface area contributed by atoms with Gasteiger partial charge in [0.05, 0.1) is 18.8 Å². The largest absolute Gasteiger partial charge is 0.497 e. The van der Waals surface area contributed by atoms with Crippen molar-refractivity contribution < 1.29 is 4.74 Å². The number of nitrogens with two attached hydrogens (primary N) is 1. The number of aromatic nitrogens is 2. The van der Waals surface area contributed by atoms with E-state index in [1.165, 1.54) is 0 Å². The number of nitrogens with one attached hydrogen (secondary N) is 1. The molecule has 0 aliphatic rings. The average molecular weight is 320 g/mol. The molecule has 1 atom stereocenters. The molecule has 0 aliphatic carbocycles. The molecule has 0 saturated carbocycles. The Balaban J connectivity index is 1.81. The summed E-state index contributed by atoms with van der Waals surface area (Å²) in [5.41, 5.74) is 8.89. The van der Waals surface area contributed by atoms with E-state index in [1.807, 2.05) is 48.5 Å². The van der Waals surface area contributed by atoms with Gasteiger partial charge in [-0.3, -0.25) is 0 Å². The molecule has 0 amide bonds. The molecule has 122 valence electrons. The number of hydrogen-bond acceptors (Lipinski definition) is 5. The van der Waals surface area contributed by atoms with E-state index in [0.29, 0.717) is 6.54 Å². The molecule has 0 unspecified atom stereocenters. The fraction of sp³-hybridized carbons (Fsp3) is 0.158. The molecular weight excluding hydrogens is 300 g/mol. The molecule has 24 heavy (non-hydrogen) atoms. The lowest BCUT2D eigenvalue weighted by atomic mass is 10.1. The van der Waals surface area contributed by atoms with Crippen LogP contribution < -0.4 is 15.8 Å². The maximum Gasteiger partial charge on any atom is 0.130 e. The Morgan fingerprint density at radius 2 is 1.79 bits per heavy atom. The van der Waals surface area contributed by atoms with E-state index < -0.39 is 0 Å². The molecule has 1 aromatic heterocycles. The van der Waals surface area contributed by atoms with E-state index >= 15 is 0 Å². The Morgan fingerprint density at radius 3 is 2.46 bits per heavy atom. The SMILES string of the molecule is COc1ccc(-c2cc(N[C@@H](CN)c3ccccc3)ncn2)cc1. The monoisotopic (exact) mass is 320 g/mol. The van der Waals surface area contributed by atoms with Crippen LogP contribution in [0.25, 0.3) is 11.3 Å². The molecule has 0 aliphatic heterocycles. The number of anilines is 1. The summed E-state index contributed by atoms with van der Waals surface area (Å²) in [6.45, 7) is 0.478. The fourth-order valence-corrected chi connectivity index (χ4v) is 2.50. The molecule has 0 saturated heterocycles. The lowest BCUT2D eigenvalue weighted by Crippen LogP contribution is -2.21. The highest BCUT2D eigenvalue weighted by molar-refractivity contribution is 5.63. The second kappa shape index (κ2) is 7.57. The van der Waals surface area contributed by atoms with Crippen LogP contribution in [0.15, 0.2) is 67.0 Å². The predicted molar refractivity (Wildman–Crippen MR) is 95.9 cm³/mol. The quantitative estimate of drug-likeness (QED) is 0.729. The van der Waals surface area contributed by atoms with Crippen LogP contribution in [0.3, 0.4) is 0 Å². The van der Waals surface area contributed by atoms with Gasteiger partial charge in [-0.25, -0.2) is 9.97 Å². The van der Waals surface area contributed by atoms with Crippen LogP contribution in [0.5, 0.6) is 5.75 Å². The minimum atomic E-state index is 0.00446. The summed E-state index contributed by atoms with van der Waals surface area (Å²) in [5.74, 6) is 1.56. The number of benzene rings is 2. The molecule has 3 N–H and O–H groups in total. The van der Waals surface area contributed by atoms with Gasteiger partial charge in [-0.1, -0.05) is 30.3 Å². The number of nitrogens with zero attached hydrogens (tertiary/aromatic N) is 2. The van der Waals surface area contributed by atoms with Crippen molar-refractivity contribution in [2.75, 3.05) is 19.0 Å². The van der Waals surface area contributed by atoms with Crippen molar-refractivity contribution in [2.24, 2.45) is 5.73 Å². The van der Waals surface area contributed by atoms with Crippen molar-refractivity contribution in [3.05, 3.63) is 72.6 Å². The first kappa shape index (κ1) is 16.0. The number of rotatable bonds is 6. The van der Waals surface area contributed by atoms with E-state index in [2.05, 4.69) is 27.4 Å². The minimum Gasteiger partial charge on any atom is -0.497 e. The van der Waals surface area contributed by atoms with Crippen molar-refractivity contribution in [2.45, 2.75) is 6.04 Å².